The molecule has 4 rings (SSSR count). The van der Waals surface area contributed by atoms with Gasteiger partial charge < -0.3 is 9.32 Å². The molecule has 9 heteroatoms. The second kappa shape index (κ2) is 10.0. The van der Waals surface area contributed by atoms with Crippen molar-refractivity contribution in [2.24, 2.45) is 0 Å². The zero-order valence-electron chi connectivity index (χ0n) is 18.0. The summed E-state index contributed by atoms with van der Waals surface area (Å²) in [6.07, 6.45) is 1.48. The number of sulfonamides is 1. The molecule has 1 aromatic heterocycles. The van der Waals surface area contributed by atoms with Gasteiger partial charge in [0.05, 0.1) is 29.3 Å². The molecular weight excluding hydrogens is 440 g/mol. The van der Waals surface area contributed by atoms with Crippen molar-refractivity contribution in [2.45, 2.75) is 18.0 Å². The molecule has 0 spiro atoms. The maximum Gasteiger partial charge on any atom is 0.253 e. The highest BCUT2D eigenvalue weighted by molar-refractivity contribution is 7.89. The molecule has 1 aliphatic rings. The average molecular weight is 465 g/mol. The third kappa shape index (κ3) is 5.68. The van der Waals surface area contributed by atoms with Crippen molar-refractivity contribution >= 4 is 15.9 Å². The first-order valence-corrected chi connectivity index (χ1v) is 12.1. The first kappa shape index (κ1) is 22.7. The van der Waals surface area contributed by atoms with Crippen LogP contribution < -0.4 is 4.72 Å². The molecule has 0 aliphatic carbocycles. The Bertz CT molecular complexity index is 1240. The van der Waals surface area contributed by atoms with Crippen LogP contribution in [0.15, 0.2) is 76.2 Å². The van der Waals surface area contributed by atoms with Crippen molar-refractivity contribution < 1.29 is 17.6 Å². The van der Waals surface area contributed by atoms with Gasteiger partial charge in [0.15, 0.2) is 0 Å². The lowest BCUT2D eigenvalue weighted by molar-refractivity contribution is 0.0628. The molecular formula is C24H24N4O4S. The summed E-state index contributed by atoms with van der Waals surface area (Å²) in [5, 5.41) is 8.91. The van der Waals surface area contributed by atoms with Gasteiger partial charge in [-0.15, -0.1) is 0 Å². The number of piperazine rings is 1. The molecule has 1 fully saturated rings. The van der Waals surface area contributed by atoms with Gasteiger partial charge in [-0.2, -0.15) is 5.26 Å². The van der Waals surface area contributed by atoms with Gasteiger partial charge >= 0.3 is 0 Å². The number of hydrogen-bond acceptors (Lipinski definition) is 6. The minimum atomic E-state index is -3.78. The highest BCUT2D eigenvalue weighted by Crippen LogP contribution is 2.16. The van der Waals surface area contributed by atoms with Crippen LogP contribution in [0.1, 0.15) is 27.2 Å². The molecule has 170 valence electrons. The van der Waals surface area contributed by atoms with Crippen LogP contribution in [0.25, 0.3) is 0 Å². The molecule has 1 aliphatic heterocycles. The molecule has 0 bridgehead atoms. The summed E-state index contributed by atoms with van der Waals surface area (Å²) in [5.41, 5.74) is 2.10. The van der Waals surface area contributed by atoms with E-state index in [1.54, 1.807) is 41.3 Å². The summed E-state index contributed by atoms with van der Waals surface area (Å²) in [6.45, 7) is 3.34. The topological polar surface area (TPSA) is 107 Å². The largest absolute Gasteiger partial charge is 0.468 e. The molecule has 8 nitrogen and oxygen atoms in total. The molecule has 1 saturated heterocycles. The van der Waals surface area contributed by atoms with Crippen LogP contribution in [0.5, 0.6) is 0 Å². The molecule has 3 aromatic rings. The number of benzene rings is 2. The van der Waals surface area contributed by atoms with Gasteiger partial charge in [-0.25, -0.2) is 13.1 Å². The van der Waals surface area contributed by atoms with Crippen LogP contribution in [-0.2, 0) is 23.1 Å². The Morgan fingerprint density at radius 2 is 1.79 bits per heavy atom. The van der Waals surface area contributed by atoms with Gasteiger partial charge in [0.2, 0.25) is 10.0 Å². The van der Waals surface area contributed by atoms with E-state index in [1.165, 1.54) is 18.4 Å². The number of furan rings is 1. The first-order chi connectivity index (χ1) is 15.9. The third-order valence-corrected chi connectivity index (χ3v) is 6.96. The standard InChI is InChI=1S/C24H24N4O4S/c25-16-19-6-8-20(9-7-19)18-27-10-12-28(13-11-27)24(29)21-3-1-5-23(15-21)33(30,31)26-17-22-4-2-14-32-22/h1-9,14-15,26H,10-13,17-18H2. The lowest BCUT2D eigenvalue weighted by atomic mass is 10.1. The monoisotopic (exact) mass is 464 g/mol. The van der Waals surface area contributed by atoms with Crippen molar-refractivity contribution in [1.82, 2.24) is 14.5 Å². The molecule has 33 heavy (non-hydrogen) atoms. The maximum atomic E-state index is 13.0. The van der Waals surface area contributed by atoms with Crippen LogP contribution in [0.3, 0.4) is 0 Å². The number of nitrogens with one attached hydrogen (secondary N) is 1. The number of carbonyl (C=O) groups excluding carboxylic acids is 1. The SMILES string of the molecule is N#Cc1ccc(CN2CCN(C(=O)c3cccc(S(=O)(=O)NCc4ccco4)c3)CC2)cc1. The summed E-state index contributed by atoms with van der Waals surface area (Å²) in [6, 6.07) is 19.1. The van der Waals surface area contributed by atoms with E-state index in [9.17, 15) is 13.2 Å². The number of nitrogens with zero attached hydrogens (tertiary/aromatic N) is 3. The summed E-state index contributed by atoms with van der Waals surface area (Å²) in [7, 11) is -3.78. The number of hydrogen-bond donors (Lipinski definition) is 1. The maximum absolute atomic E-state index is 13.0. The zero-order valence-corrected chi connectivity index (χ0v) is 18.8. The Hall–Kier alpha value is -3.45. The molecule has 0 radical (unpaired) electrons. The van der Waals surface area contributed by atoms with Crippen molar-refractivity contribution in [3.05, 3.63) is 89.4 Å². The second-order valence-electron chi connectivity index (χ2n) is 7.81. The van der Waals surface area contributed by atoms with Gasteiger partial charge in [-0.05, 0) is 48.0 Å². The highest BCUT2D eigenvalue weighted by atomic mass is 32.2. The lowest BCUT2D eigenvalue weighted by Crippen LogP contribution is -2.48. The average Bonchev–Trinajstić information content (AvgIpc) is 3.37. The Morgan fingerprint density at radius 1 is 1.03 bits per heavy atom. The molecule has 1 amide bonds. The fraction of sp³-hybridized carbons (Fsp3) is 0.250. The quantitative estimate of drug-likeness (QED) is 0.576. The summed E-state index contributed by atoms with van der Waals surface area (Å²) >= 11 is 0. The molecule has 0 saturated carbocycles. The van der Waals surface area contributed by atoms with Gasteiger partial charge in [0.25, 0.3) is 5.91 Å². The summed E-state index contributed by atoms with van der Waals surface area (Å²) in [5.74, 6) is 0.320. The third-order valence-electron chi connectivity index (χ3n) is 5.56. The molecule has 1 N–H and O–H groups in total. The van der Waals surface area contributed by atoms with Crippen LogP contribution in [0.2, 0.25) is 0 Å². The van der Waals surface area contributed by atoms with E-state index < -0.39 is 10.0 Å². The van der Waals surface area contributed by atoms with E-state index in [0.717, 1.165) is 12.1 Å². The van der Waals surface area contributed by atoms with E-state index in [4.69, 9.17) is 9.68 Å². The van der Waals surface area contributed by atoms with Crippen molar-refractivity contribution in [3.8, 4) is 6.07 Å². The number of amides is 1. The van der Waals surface area contributed by atoms with E-state index in [0.29, 0.717) is 43.1 Å². The van der Waals surface area contributed by atoms with Crippen LogP contribution in [0.4, 0.5) is 0 Å². The minimum Gasteiger partial charge on any atom is -0.468 e. The van der Waals surface area contributed by atoms with Crippen molar-refractivity contribution in [1.29, 1.82) is 5.26 Å². The van der Waals surface area contributed by atoms with Crippen LogP contribution >= 0.6 is 0 Å². The van der Waals surface area contributed by atoms with Crippen molar-refractivity contribution in [3.63, 3.8) is 0 Å². The van der Waals surface area contributed by atoms with Crippen LogP contribution in [0, 0.1) is 11.3 Å². The number of rotatable bonds is 7. The van der Waals surface area contributed by atoms with E-state index in [1.807, 2.05) is 12.1 Å². The summed E-state index contributed by atoms with van der Waals surface area (Å²) < 4.78 is 32.9. The van der Waals surface area contributed by atoms with Crippen molar-refractivity contribution in [2.75, 3.05) is 26.2 Å². The van der Waals surface area contributed by atoms with E-state index >= 15 is 0 Å². The molecule has 2 aromatic carbocycles. The minimum absolute atomic E-state index is 0.0364. The Labute approximate surface area is 193 Å². The lowest BCUT2D eigenvalue weighted by Gasteiger charge is -2.34. The normalized spacial score (nSPS) is 14.7. The van der Waals surface area contributed by atoms with Gasteiger partial charge in [0, 0.05) is 38.3 Å². The molecule has 0 unspecified atom stereocenters. The Morgan fingerprint density at radius 3 is 2.45 bits per heavy atom. The van der Waals surface area contributed by atoms with Crippen LogP contribution in [-0.4, -0.2) is 50.3 Å². The summed E-state index contributed by atoms with van der Waals surface area (Å²) in [4.78, 5) is 17.0. The van der Waals surface area contributed by atoms with Gasteiger partial charge in [-0.1, -0.05) is 18.2 Å². The molecule has 0 atom stereocenters. The Balaban J connectivity index is 1.35. The first-order valence-electron chi connectivity index (χ1n) is 10.6. The smallest absolute Gasteiger partial charge is 0.253 e. The van der Waals surface area contributed by atoms with E-state index in [-0.39, 0.29) is 17.3 Å². The predicted octanol–water partition coefficient (Wildman–Crippen LogP) is 2.59. The Kier molecular flexibility index (Phi) is 6.89. The highest BCUT2D eigenvalue weighted by Gasteiger charge is 2.24. The zero-order chi connectivity index (χ0) is 23.3. The van der Waals surface area contributed by atoms with Gasteiger partial charge in [-0.3, -0.25) is 9.69 Å². The van der Waals surface area contributed by atoms with Gasteiger partial charge in [0.1, 0.15) is 5.76 Å². The molecule has 2 heterocycles. The number of nitriles is 1. The number of carbonyl (C=O) groups is 1. The fourth-order valence-electron chi connectivity index (χ4n) is 3.69. The fourth-order valence-corrected chi connectivity index (χ4v) is 4.73. The van der Waals surface area contributed by atoms with E-state index in [2.05, 4.69) is 15.7 Å². The predicted molar refractivity (Wildman–Crippen MR) is 122 cm³/mol. The second-order valence-corrected chi connectivity index (χ2v) is 9.58.